The number of fused-ring (bicyclic) bond motifs is 1. The summed E-state index contributed by atoms with van der Waals surface area (Å²) in [5.74, 6) is -0.221. The van der Waals surface area contributed by atoms with Crippen molar-refractivity contribution in [3.8, 4) is 0 Å². The molecule has 0 unspecified atom stereocenters. The van der Waals surface area contributed by atoms with Crippen LogP contribution in [0.5, 0.6) is 0 Å². The number of nitrogens with two attached hydrogens (primary N) is 1. The first-order valence-corrected chi connectivity index (χ1v) is 5.12. The van der Waals surface area contributed by atoms with Crippen LogP contribution in [-0.4, -0.2) is 18.1 Å². The Hall–Kier alpha value is -1.20. The smallest absolute Gasteiger partial charge is 0.183 e. The molecule has 0 aliphatic carbocycles. The van der Waals surface area contributed by atoms with Crippen molar-refractivity contribution in [2.75, 3.05) is 18.4 Å². The molecule has 0 aliphatic heterocycles. The highest BCUT2D eigenvalue weighted by atomic mass is 32.1. The van der Waals surface area contributed by atoms with Gasteiger partial charge in [-0.15, -0.1) is 0 Å². The van der Waals surface area contributed by atoms with E-state index in [9.17, 15) is 4.39 Å². The van der Waals surface area contributed by atoms with E-state index in [-0.39, 0.29) is 5.82 Å². The molecule has 0 radical (unpaired) electrons. The first-order chi connectivity index (χ1) is 6.81. The van der Waals surface area contributed by atoms with E-state index >= 15 is 0 Å². The molecule has 0 saturated carbocycles. The second kappa shape index (κ2) is 3.89. The van der Waals surface area contributed by atoms with E-state index in [1.807, 2.05) is 0 Å². The highest BCUT2D eigenvalue weighted by Crippen LogP contribution is 2.27. The van der Waals surface area contributed by atoms with Crippen molar-refractivity contribution in [1.82, 2.24) is 4.98 Å². The Labute approximate surface area is 84.8 Å². The highest BCUT2D eigenvalue weighted by Gasteiger charge is 2.06. The maximum absolute atomic E-state index is 13.2. The van der Waals surface area contributed by atoms with Crippen LogP contribution in [0, 0.1) is 5.82 Å². The number of halogens is 1. The lowest BCUT2D eigenvalue weighted by molar-refractivity contribution is 0.641. The van der Waals surface area contributed by atoms with Crippen LogP contribution in [0.3, 0.4) is 0 Å². The average Bonchev–Trinajstić information content (AvgIpc) is 2.59. The molecule has 0 atom stereocenters. The number of rotatable bonds is 3. The number of thiazole rings is 1. The van der Waals surface area contributed by atoms with Crippen LogP contribution >= 0.6 is 11.3 Å². The zero-order valence-corrected chi connectivity index (χ0v) is 8.27. The first-order valence-electron chi connectivity index (χ1n) is 4.30. The Morgan fingerprint density at radius 2 is 2.36 bits per heavy atom. The molecular weight excluding hydrogens is 201 g/mol. The quantitative estimate of drug-likeness (QED) is 0.814. The summed E-state index contributed by atoms with van der Waals surface area (Å²) in [6.45, 7) is 1.19. The lowest BCUT2D eigenvalue weighted by Gasteiger charge is -1.96. The van der Waals surface area contributed by atoms with Gasteiger partial charge < -0.3 is 11.1 Å². The van der Waals surface area contributed by atoms with E-state index in [1.165, 1.54) is 17.4 Å². The summed E-state index contributed by atoms with van der Waals surface area (Å²) in [5, 5.41) is 3.74. The third-order valence-electron chi connectivity index (χ3n) is 1.79. The van der Waals surface area contributed by atoms with Crippen molar-refractivity contribution >= 4 is 26.7 Å². The van der Waals surface area contributed by atoms with E-state index in [0.717, 1.165) is 5.13 Å². The summed E-state index contributed by atoms with van der Waals surface area (Å²) in [5.41, 5.74) is 6.03. The molecule has 3 N–H and O–H groups in total. The molecule has 0 spiro atoms. The van der Waals surface area contributed by atoms with Gasteiger partial charge in [0.2, 0.25) is 0 Å². The van der Waals surface area contributed by atoms with E-state index in [1.54, 1.807) is 12.1 Å². The van der Waals surface area contributed by atoms with E-state index in [4.69, 9.17) is 5.73 Å². The van der Waals surface area contributed by atoms with E-state index in [0.29, 0.717) is 23.3 Å². The zero-order valence-electron chi connectivity index (χ0n) is 7.46. The van der Waals surface area contributed by atoms with Gasteiger partial charge in [0.15, 0.2) is 5.13 Å². The Bertz CT molecular complexity index is 441. The van der Waals surface area contributed by atoms with Crippen molar-refractivity contribution < 1.29 is 4.39 Å². The first kappa shape index (κ1) is 9.36. The summed E-state index contributed by atoms with van der Waals surface area (Å²) < 4.78 is 13.8. The van der Waals surface area contributed by atoms with Crippen LogP contribution in [0.1, 0.15) is 0 Å². The lowest BCUT2D eigenvalue weighted by Crippen LogP contribution is -2.12. The maximum Gasteiger partial charge on any atom is 0.183 e. The van der Waals surface area contributed by atoms with Crippen LogP contribution in [0.15, 0.2) is 18.2 Å². The van der Waals surface area contributed by atoms with Crippen LogP contribution in [0.4, 0.5) is 9.52 Å². The molecule has 1 heterocycles. The minimum absolute atomic E-state index is 0.221. The minimum atomic E-state index is -0.221. The van der Waals surface area contributed by atoms with Gasteiger partial charge in [0.1, 0.15) is 5.82 Å². The van der Waals surface area contributed by atoms with Crippen molar-refractivity contribution in [3.63, 3.8) is 0 Å². The Balaban J connectivity index is 2.36. The summed E-state index contributed by atoms with van der Waals surface area (Å²) in [6.07, 6.45) is 0. The largest absolute Gasteiger partial charge is 0.360 e. The number of nitrogens with one attached hydrogen (secondary N) is 1. The third kappa shape index (κ3) is 1.69. The Morgan fingerprint density at radius 1 is 1.50 bits per heavy atom. The fourth-order valence-corrected chi connectivity index (χ4v) is 2.07. The molecule has 0 aliphatic rings. The number of nitrogens with zero attached hydrogens (tertiary/aromatic N) is 1. The molecule has 0 bridgehead atoms. The topological polar surface area (TPSA) is 50.9 Å². The van der Waals surface area contributed by atoms with E-state index in [2.05, 4.69) is 10.3 Å². The van der Waals surface area contributed by atoms with Crippen molar-refractivity contribution in [2.24, 2.45) is 5.73 Å². The molecule has 0 amide bonds. The van der Waals surface area contributed by atoms with Crippen LogP contribution < -0.4 is 11.1 Å². The molecule has 2 aromatic rings. The number of hydrogen-bond acceptors (Lipinski definition) is 4. The fraction of sp³-hybridized carbons (Fsp3) is 0.222. The predicted molar refractivity (Wildman–Crippen MR) is 57.1 cm³/mol. The average molecular weight is 211 g/mol. The highest BCUT2D eigenvalue weighted by molar-refractivity contribution is 7.22. The normalized spacial score (nSPS) is 10.7. The second-order valence-electron chi connectivity index (χ2n) is 2.82. The molecule has 1 aromatic heterocycles. The van der Waals surface area contributed by atoms with Gasteiger partial charge in [-0.2, -0.15) is 0 Å². The zero-order chi connectivity index (χ0) is 9.97. The van der Waals surface area contributed by atoms with Gasteiger partial charge in [-0.3, -0.25) is 0 Å². The van der Waals surface area contributed by atoms with Gasteiger partial charge >= 0.3 is 0 Å². The maximum atomic E-state index is 13.2. The van der Waals surface area contributed by atoms with Gasteiger partial charge in [0.05, 0.1) is 10.2 Å². The van der Waals surface area contributed by atoms with Crippen molar-refractivity contribution in [1.29, 1.82) is 0 Å². The summed E-state index contributed by atoms with van der Waals surface area (Å²) >= 11 is 1.31. The van der Waals surface area contributed by atoms with Gasteiger partial charge in [-0.05, 0) is 12.1 Å². The number of anilines is 1. The van der Waals surface area contributed by atoms with Crippen LogP contribution in [-0.2, 0) is 0 Å². The molecule has 1 aromatic carbocycles. The van der Waals surface area contributed by atoms with Crippen molar-refractivity contribution in [2.45, 2.75) is 0 Å². The fourth-order valence-electron chi connectivity index (χ4n) is 1.17. The van der Waals surface area contributed by atoms with Gasteiger partial charge in [0.25, 0.3) is 0 Å². The molecule has 0 saturated heterocycles. The van der Waals surface area contributed by atoms with Gasteiger partial charge in [-0.25, -0.2) is 9.37 Å². The lowest BCUT2D eigenvalue weighted by atomic mass is 10.3. The molecule has 2 rings (SSSR count). The standard InChI is InChI=1S/C9H10FN3S/c10-6-2-1-3-7-8(6)14-9(13-7)12-5-4-11/h1-3H,4-5,11H2,(H,12,13). The minimum Gasteiger partial charge on any atom is -0.360 e. The molecule has 74 valence electrons. The summed E-state index contributed by atoms with van der Waals surface area (Å²) in [6, 6.07) is 4.89. The second-order valence-corrected chi connectivity index (χ2v) is 3.82. The Kier molecular flexibility index (Phi) is 2.60. The van der Waals surface area contributed by atoms with Crippen LogP contribution in [0.2, 0.25) is 0 Å². The molecule has 3 nitrogen and oxygen atoms in total. The predicted octanol–water partition coefficient (Wildman–Crippen LogP) is 1.81. The van der Waals surface area contributed by atoms with E-state index < -0.39 is 0 Å². The van der Waals surface area contributed by atoms with Gasteiger partial charge in [0, 0.05) is 13.1 Å². The third-order valence-corrected chi connectivity index (χ3v) is 2.82. The van der Waals surface area contributed by atoms with Crippen molar-refractivity contribution in [3.05, 3.63) is 24.0 Å². The number of benzene rings is 1. The SMILES string of the molecule is NCCNc1nc2cccc(F)c2s1. The summed E-state index contributed by atoms with van der Waals surface area (Å²) in [7, 11) is 0. The number of hydrogen-bond donors (Lipinski definition) is 2. The summed E-state index contributed by atoms with van der Waals surface area (Å²) in [4.78, 5) is 4.22. The number of aromatic nitrogens is 1. The molecule has 14 heavy (non-hydrogen) atoms. The van der Waals surface area contributed by atoms with Crippen LogP contribution in [0.25, 0.3) is 10.2 Å². The Morgan fingerprint density at radius 3 is 3.07 bits per heavy atom. The monoisotopic (exact) mass is 211 g/mol. The molecule has 0 fully saturated rings. The molecular formula is C9H10FN3S. The van der Waals surface area contributed by atoms with Gasteiger partial charge in [-0.1, -0.05) is 17.4 Å². The molecule has 5 heteroatoms.